The maximum absolute atomic E-state index is 12.1. The zero-order valence-corrected chi connectivity index (χ0v) is 13.7. The number of aryl methyl sites for hydroxylation is 1. The lowest BCUT2D eigenvalue weighted by Gasteiger charge is -2.13. The summed E-state index contributed by atoms with van der Waals surface area (Å²) in [5.74, 6) is 1.08. The summed E-state index contributed by atoms with van der Waals surface area (Å²) in [7, 11) is 3.15. The van der Waals surface area contributed by atoms with Crippen LogP contribution in [0.5, 0.6) is 11.5 Å². The summed E-state index contributed by atoms with van der Waals surface area (Å²) >= 11 is 4.73. The number of nitrogens with one attached hydrogen (secondary N) is 1. The zero-order valence-electron chi connectivity index (χ0n) is 11.3. The topological polar surface area (TPSA) is 47.6 Å². The van der Waals surface area contributed by atoms with Gasteiger partial charge in [-0.25, -0.2) is 0 Å². The van der Waals surface area contributed by atoms with Gasteiger partial charge >= 0.3 is 0 Å². The standard InChI is InChI=1S/C14H14BrNO3S/c1-8-6-10(18-2)11(19-3)7-9(8)16-14(17)12-4-5-13(15)20-12/h4-7H,1-3H3,(H,16,17). The van der Waals surface area contributed by atoms with Gasteiger partial charge in [-0.05, 0) is 46.6 Å². The Balaban J connectivity index is 2.27. The van der Waals surface area contributed by atoms with Crippen molar-refractivity contribution in [1.29, 1.82) is 0 Å². The molecule has 0 atom stereocenters. The van der Waals surface area contributed by atoms with Gasteiger partial charge in [0.2, 0.25) is 0 Å². The second kappa shape index (κ2) is 6.28. The van der Waals surface area contributed by atoms with Gasteiger partial charge in [-0.15, -0.1) is 11.3 Å². The minimum atomic E-state index is -0.143. The number of halogens is 1. The Morgan fingerprint density at radius 3 is 2.40 bits per heavy atom. The highest BCUT2D eigenvalue weighted by Crippen LogP contribution is 2.33. The van der Waals surface area contributed by atoms with Crippen LogP contribution in [0.3, 0.4) is 0 Å². The van der Waals surface area contributed by atoms with Crippen molar-refractivity contribution >= 4 is 38.9 Å². The first-order valence-electron chi connectivity index (χ1n) is 5.84. The average molecular weight is 356 g/mol. The Bertz CT molecular complexity index is 639. The molecular weight excluding hydrogens is 342 g/mol. The minimum Gasteiger partial charge on any atom is -0.493 e. The van der Waals surface area contributed by atoms with E-state index in [2.05, 4.69) is 21.2 Å². The third kappa shape index (κ3) is 3.13. The van der Waals surface area contributed by atoms with Crippen molar-refractivity contribution in [3.05, 3.63) is 38.5 Å². The third-order valence-corrected chi connectivity index (χ3v) is 4.40. The molecule has 0 aliphatic carbocycles. The van der Waals surface area contributed by atoms with Crippen LogP contribution in [0.15, 0.2) is 28.1 Å². The van der Waals surface area contributed by atoms with E-state index in [9.17, 15) is 4.79 Å². The molecule has 0 aliphatic heterocycles. The smallest absolute Gasteiger partial charge is 0.265 e. The van der Waals surface area contributed by atoms with Gasteiger partial charge in [0, 0.05) is 11.8 Å². The number of anilines is 1. The fourth-order valence-electron chi connectivity index (χ4n) is 1.74. The van der Waals surface area contributed by atoms with E-state index < -0.39 is 0 Å². The molecule has 0 saturated carbocycles. The molecule has 6 heteroatoms. The van der Waals surface area contributed by atoms with Crippen LogP contribution in [0.2, 0.25) is 0 Å². The number of hydrogen-bond acceptors (Lipinski definition) is 4. The minimum absolute atomic E-state index is 0.143. The zero-order chi connectivity index (χ0) is 14.7. The Labute approximate surface area is 129 Å². The molecule has 0 spiro atoms. The largest absolute Gasteiger partial charge is 0.493 e. The molecule has 106 valence electrons. The molecule has 2 rings (SSSR count). The molecule has 0 unspecified atom stereocenters. The monoisotopic (exact) mass is 355 g/mol. The van der Waals surface area contributed by atoms with Crippen LogP contribution >= 0.6 is 27.3 Å². The fourth-order valence-corrected chi connectivity index (χ4v) is 3.02. The summed E-state index contributed by atoms with van der Waals surface area (Å²) in [5, 5.41) is 2.88. The lowest BCUT2D eigenvalue weighted by molar-refractivity contribution is 0.103. The first kappa shape index (κ1) is 14.9. The van der Waals surface area contributed by atoms with Gasteiger partial charge in [-0.2, -0.15) is 0 Å². The Hall–Kier alpha value is -1.53. The van der Waals surface area contributed by atoms with Gasteiger partial charge < -0.3 is 14.8 Å². The number of rotatable bonds is 4. The van der Waals surface area contributed by atoms with Crippen LogP contribution < -0.4 is 14.8 Å². The van der Waals surface area contributed by atoms with Crippen molar-refractivity contribution in [2.24, 2.45) is 0 Å². The lowest BCUT2D eigenvalue weighted by Crippen LogP contribution is -2.11. The van der Waals surface area contributed by atoms with Crippen molar-refractivity contribution in [3.63, 3.8) is 0 Å². The molecular formula is C14H14BrNO3S. The first-order chi connectivity index (χ1) is 9.55. The van der Waals surface area contributed by atoms with Crippen LogP contribution in [0, 0.1) is 6.92 Å². The summed E-state index contributed by atoms with van der Waals surface area (Å²) < 4.78 is 11.4. The van der Waals surface area contributed by atoms with E-state index in [-0.39, 0.29) is 5.91 Å². The van der Waals surface area contributed by atoms with Crippen molar-refractivity contribution in [1.82, 2.24) is 0 Å². The highest BCUT2D eigenvalue weighted by molar-refractivity contribution is 9.11. The van der Waals surface area contributed by atoms with Gasteiger partial charge in [-0.3, -0.25) is 4.79 Å². The highest BCUT2D eigenvalue weighted by atomic mass is 79.9. The molecule has 1 amide bonds. The van der Waals surface area contributed by atoms with Gasteiger partial charge in [0.05, 0.1) is 22.9 Å². The molecule has 1 heterocycles. The summed E-state index contributed by atoms with van der Waals surface area (Å²) in [6, 6.07) is 7.22. The van der Waals surface area contributed by atoms with E-state index in [0.717, 1.165) is 9.35 Å². The third-order valence-electron chi connectivity index (χ3n) is 2.78. The lowest BCUT2D eigenvalue weighted by atomic mass is 10.1. The predicted molar refractivity (Wildman–Crippen MR) is 84.3 cm³/mol. The van der Waals surface area contributed by atoms with E-state index in [1.165, 1.54) is 11.3 Å². The Morgan fingerprint density at radius 1 is 1.20 bits per heavy atom. The van der Waals surface area contributed by atoms with E-state index in [0.29, 0.717) is 22.1 Å². The molecule has 0 saturated heterocycles. The SMILES string of the molecule is COc1cc(C)c(NC(=O)c2ccc(Br)s2)cc1OC. The van der Waals surface area contributed by atoms with Crippen molar-refractivity contribution in [2.75, 3.05) is 19.5 Å². The van der Waals surface area contributed by atoms with Crippen molar-refractivity contribution < 1.29 is 14.3 Å². The average Bonchev–Trinajstić information content (AvgIpc) is 2.87. The molecule has 2 aromatic rings. The van der Waals surface area contributed by atoms with Gasteiger partial charge in [0.15, 0.2) is 11.5 Å². The van der Waals surface area contributed by atoms with Crippen LogP contribution in [-0.4, -0.2) is 20.1 Å². The fraction of sp³-hybridized carbons (Fsp3) is 0.214. The quantitative estimate of drug-likeness (QED) is 0.898. The highest BCUT2D eigenvalue weighted by Gasteiger charge is 2.13. The summed E-state index contributed by atoms with van der Waals surface area (Å²) in [6.07, 6.45) is 0. The van der Waals surface area contributed by atoms with E-state index in [1.54, 1.807) is 26.4 Å². The molecule has 0 bridgehead atoms. The van der Waals surface area contributed by atoms with Crippen LogP contribution in [0.25, 0.3) is 0 Å². The van der Waals surface area contributed by atoms with E-state index in [4.69, 9.17) is 9.47 Å². The predicted octanol–water partition coefficient (Wildman–Crippen LogP) is 4.09. The van der Waals surface area contributed by atoms with Gasteiger partial charge in [0.25, 0.3) is 5.91 Å². The van der Waals surface area contributed by atoms with Crippen LogP contribution in [0.4, 0.5) is 5.69 Å². The number of ether oxygens (including phenoxy) is 2. The van der Waals surface area contributed by atoms with Crippen LogP contribution in [-0.2, 0) is 0 Å². The molecule has 0 fully saturated rings. The number of benzene rings is 1. The van der Waals surface area contributed by atoms with Crippen molar-refractivity contribution in [3.8, 4) is 11.5 Å². The number of hydrogen-bond donors (Lipinski definition) is 1. The number of carbonyl (C=O) groups is 1. The second-order valence-corrected chi connectivity index (χ2v) is 6.54. The van der Waals surface area contributed by atoms with Crippen molar-refractivity contribution in [2.45, 2.75) is 6.92 Å². The number of amides is 1. The molecule has 1 N–H and O–H groups in total. The normalized spacial score (nSPS) is 10.2. The number of carbonyl (C=O) groups excluding carboxylic acids is 1. The number of methoxy groups -OCH3 is 2. The maximum atomic E-state index is 12.1. The van der Waals surface area contributed by atoms with E-state index in [1.807, 2.05) is 19.1 Å². The van der Waals surface area contributed by atoms with Crippen LogP contribution in [0.1, 0.15) is 15.2 Å². The molecule has 20 heavy (non-hydrogen) atoms. The molecule has 4 nitrogen and oxygen atoms in total. The summed E-state index contributed by atoms with van der Waals surface area (Å²) in [5.41, 5.74) is 1.61. The first-order valence-corrected chi connectivity index (χ1v) is 7.45. The molecule has 0 aliphatic rings. The number of thiophene rings is 1. The second-order valence-electron chi connectivity index (χ2n) is 4.08. The Morgan fingerprint density at radius 2 is 1.85 bits per heavy atom. The molecule has 1 aromatic heterocycles. The van der Waals surface area contributed by atoms with E-state index >= 15 is 0 Å². The summed E-state index contributed by atoms with van der Waals surface area (Å²) in [4.78, 5) is 12.8. The maximum Gasteiger partial charge on any atom is 0.265 e. The summed E-state index contributed by atoms with van der Waals surface area (Å²) in [6.45, 7) is 1.90. The molecule has 1 aromatic carbocycles. The van der Waals surface area contributed by atoms with Gasteiger partial charge in [0.1, 0.15) is 0 Å². The Kier molecular flexibility index (Phi) is 4.67. The van der Waals surface area contributed by atoms with Gasteiger partial charge in [-0.1, -0.05) is 0 Å². The molecule has 0 radical (unpaired) electrons.